The van der Waals surface area contributed by atoms with Crippen LogP contribution < -0.4 is 15.1 Å². The van der Waals surface area contributed by atoms with Crippen LogP contribution >= 0.6 is 15.9 Å². The Hall–Kier alpha value is -1.79. The van der Waals surface area contributed by atoms with Crippen LogP contribution in [0.25, 0.3) is 0 Å². The number of morpholine rings is 1. The SMILES string of the molecule is Brc1ccc(CNc2ccc(N3CCCCC3)cn2)c(N2CCOCC2)c1. The van der Waals surface area contributed by atoms with Gasteiger partial charge in [-0.15, -0.1) is 0 Å². The summed E-state index contributed by atoms with van der Waals surface area (Å²) >= 11 is 3.61. The number of piperidine rings is 1. The largest absolute Gasteiger partial charge is 0.378 e. The number of anilines is 3. The second-order valence-electron chi connectivity index (χ2n) is 7.18. The zero-order valence-electron chi connectivity index (χ0n) is 15.7. The summed E-state index contributed by atoms with van der Waals surface area (Å²) in [6, 6.07) is 10.8. The summed E-state index contributed by atoms with van der Waals surface area (Å²) in [5.41, 5.74) is 3.78. The van der Waals surface area contributed by atoms with E-state index in [1.165, 1.54) is 36.2 Å². The number of benzene rings is 1. The smallest absolute Gasteiger partial charge is 0.126 e. The third-order valence-corrected chi connectivity index (χ3v) is 5.82. The molecule has 144 valence electrons. The second-order valence-corrected chi connectivity index (χ2v) is 8.09. The first-order chi connectivity index (χ1) is 13.3. The van der Waals surface area contributed by atoms with Crippen LogP contribution in [0, 0.1) is 0 Å². The average Bonchev–Trinajstić information content (AvgIpc) is 2.74. The first-order valence-electron chi connectivity index (χ1n) is 9.85. The lowest BCUT2D eigenvalue weighted by Crippen LogP contribution is -2.36. The maximum atomic E-state index is 5.50. The van der Waals surface area contributed by atoms with E-state index in [4.69, 9.17) is 4.74 Å². The van der Waals surface area contributed by atoms with Gasteiger partial charge in [-0.05, 0) is 49.1 Å². The number of rotatable bonds is 5. The Morgan fingerprint density at radius 1 is 0.963 bits per heavy atom. The molecule has 0 spiro atoms. The van der Waals surface area contributed by atoms with Gasteiger partial charge in [-0.3, -0.25) is 0 Å². The summed E-state index contributed by atoms with van der Waals surface area (Å²) in [6.45, 7) is 6.51. The highest BCUT2D eigenvalue weighted by molar-refractivity contribution is 9.10. The van der Waals surface area contributed by atoms with Gasteiger partial charge in [0.1, 0.15) is 5.82 Å². The van der Waals surface area contributed by atoms with Gasteiger partial charge < -0.3 is 19.9 Å². The van der Waals surface area contributed by atoms with Crippen molar-refractivity contribution in [1.82, 2.24) is 4.98 Å². The molecule has 2 aliphatic rings. The molecule has 27 heavy (non-hydrogen) atoms. The molecule has 2 aromatic rings. The Bertz CT molecular complexity index is 740. The minimum absolute atomic E-state index is 0.760. The quantitative estimate of drug-likeness (QED) is 0.765. The highest BCUT2D eigenvalue weighted by Crippen LogP contribution is 2.27. The van der Waals surface area contributed by atoms with E-state index >= 15 is 0 Å². The monoisotopic (exact) mass is 430 g/mol. The van der Waals surface area contributed by atoms with E-state index in [1.54, 1.807) is 0 Å². The number of pyridine rings is 1. The van der Waals surface area contributed by atoms with Gasteiger partial charge >= 0.3 is 0 Å². The normalized spacial score (nSPS) is 17.8. The maximum absolute atomic E-state index is 5.50. The fourth-order valence-electron chi connectivity index (χ4n) is 3.80. The summed E-state index contributed by atoms with van der Waals surface area (Å²) in [6.07, 6.45) is 5.92. The molecule has 0 bridgehead atoms. The Kier molecular flexibility index (Phi) is 6.14. The molecule has 2 fully saturated rings. The molecule has 0 atom stereocenters. The van der Waals surface area contributed by atoms with Crippen molar-refractivity contribution in [3.63, 3.8) is 0 Å². The molecule has 0 saturated carbocycles. The van der Waals surface area contributed by atoms with Gasteiger partial charge in [0.2, 0.25) is 0 Å². The van der Waals surface area contributed by atoms with Gasteiger partial charge in [-0.1, -0.05) is 22.0 Å². The van der Waals surface area contributed by atoms with E-state index in [1.807, 2.05) is 6.20 Å². The Labute approximate surface area is 169 Å². The molecule has 4 rings (SSSR count). The topological polar surface area (TPSA) is 40.6 Å². The summed E-state index contributed by atoms with van der Waals surface area (Å²) in [5, 5.41) is 3.49. The molecule has 0 aliphatic carbocycles. The van der Waals surface area contributed by atoms with Crippen LogP contribution in [0.1, 0.15) is 24.8 Å². The van der Waals surface area contributed by atoms with Crippen LogP contribution in [0.4, 0.5) is 17.2 Å². The fourth-order valence-corrected chi connectivity index (χ4v) is 4.15. The number of hydrogen-bond acceptors (Lipinski definition) is 5. The van der Waals surface area contributed by atoms with Gasteiger partial charge in [-0.2, -0.15) is 0 Å². The van der Waals surface area contributed by atoms with E-state index in [9.17, 15) is 0 Å². The number of nitrogens with one attached hydrogen (secondary N) is 1. The van der Waals surface area contributed by atoms with Crippen molar-refractivity contribution >= 4 is 33.1 Å². The van der Waals surface area contributed by atoms with Crippen molar-refractivity contribution in [3.8, 4) is 0 Å². The Balaban J connectivity index is 1.42. The summed E-state index contributed by atoms with van der Waals surface area (Å²) in [4.78, 5) is 9.47. The molecule has 0 amide bonds. The van der Waals surface area contributed by atoms with Crippen molar-refractivity contribution in [2.75, 3.05) is 54.5 Å². The molecule has 2 saturated heterocycles. The molecule has 3 heterocycles. The molecule has 0 unspecified atom stereocenters. The number of nitrogens with zero attached hydrogens (tertiary/aromatic N) is 3. The fraction of sp³-hybridized carbons (Fsp3) is 0.476. The highest BCUT2D eigenvalue weighted by atomic mass is 79.9. The van der Waals surface area contributed by atoms with Gasteiger partial charge in [0.15, 0.2) is 0 Å². The summed E-state index contributed by atoms with van der Waals surface area (Å²) in [5.74, 6) is 0.923. The van der Waals surface area contributed by atoms with E-state index in [0.717, 1.165) is 56.2 Å². The third-order valence-electron chi connectivity index (χ3n) is 5.33. The van der Waals surface area contributed by atoms with Gasteiger partial charge in [-0.25, -0.2) is 4.98 Å². The Morgan fingerprint density at radius 2 is 1.78 bits per heavy atom. The maximum Gasteiger partial charge on any atom is 0.126 e. The van der Waals surface area contributed by atoms with Gasteiger partial charge in [0, 0.05) is 42.9 Å². The zero-order valence-corrected chi connectivity index (χ0v) is 17.2. The molecule has 1 aromatic carbocycles. The molecule has 2 aliphatic heterocycles. The minimum atomic E-state index is 0.760. The van der Waals surface area contributed by atoms with Gasteiger partial charge in [0.25, 0.3) is 0 Å². The van der Waals surface area contributed by atoms with E-state index < -0.39 is 0 Å². The lowest BCUT2D eigenvalue weighted by atomic mass is 10.1. The van der Waals surface area contributed by atoms with E-state index in [-0.39, 0.29) is 0 Å². The number of halogens is 1. The molecular weight excluding hydrogens is 404 g/mol. The number of hydrogen-bond donors (Lipinski definition) is 1. The van der Waals surface area contributed by atoms with Crippen LogP contribution in [-0.4, -0.2) is 44.4 Å². The highest BCUT2D eigenvalue weighted by Gasteiger charge is 2.15. The molecular formula is C21H27BrN4O. The standard InChI is InChI=1S/C21H27BrN4O/c22-18-5-4-17(20(14-18)26-10-12-27-13-11-26)15-23-21-7-6-19(16-24-21)25-8-2-1-3-9-25/h4-7,14,16H,1-3,8-13,15H2,(H,23,24). The predicted molar refractivity (Wildman–Crippen MR) is 115 cm³/mol. The Morgan fingerprint density at radius 3 is 2.52 bits per heavy atom. The van der Waals surface area contributed by atoms with Crippen LogP contribution in [-0.2, 0) is 11.3 Å². The lowest BCUT2D eigenvalue weighted by Gasteiger charge is -2.31. The van der Waals surface area contributed by atoms with Crippen molar-refractivity contribution in [2.45, 2.75) is 25.8 Å². The molecule has 0 radical (unpaired) electrons. The lowest BCUT2D eigenvalue weighted by molar-refractivity contribution is 0.122. The van der Waals surface area contributed by atoms with Crippen molar-refractivity contribution in [1.29, 1.82) is 0 Å². The van der Waals surface area contributed by atoms with Gasteiger partial charge in [0.05, 0.1) is 25.1 Å². The predicted octanol–water partition coefficient (Wildman–Crippen LogP) is 4.28. The van der Waals surface area contributed by atoms with Crippen molar-refractivity contribution in [3.05, 3.63) is 46.6 Å². The number of aromatic nitrogens is 1. The van der Waals surface area contributed by atoms with E-state index in [0.29, 0.717) is 0 Å². The van der Waals surface area contributed by atoms with Crippen LogP contribution in [0.3, 0.4) is 0 Å². The molecule has 1 N–H and O–H groups in total. The van der Waals surface area contributed by atoms with Crippen LogP contribution in [0.2, 0.25) is 0 Å². The average molecular weight is 431 g/mol. The molecule has 5 nitrogen and oxygen atoms in total. The van der Waals surface area contributed by atoms with Crippen LogP contribution in [0.5, 0.6) is 0 Å². The summed E-state index contributed by atoms with van der Waals surface area (Å²) in [7, 11) is 0. The molecule has 6 heteroatoms. The van der Waals surface area contributed by atoms with E-state index in [2.05, 4.69) is 66.4 Å². The van der Waals surface area contributed by atoms with Crippen LogP contribution in [0.15, 0.2) is 41.0 Å². The zero-order chi connectivity index (χ0) is 18.5. The van der Waals surface area contributed by atoms with Crippen molar-refractivity contribution in [2.24, 2.45) is 0 Å². The first-order valence-corrected chi connectivity index (χ1v) is 10.6. The first kappa shape index (κ1) is 18.6. The molecule has 1 aromatic heterocycles. The number of ether oxygens (including phenoxy) is 1. The second kappa shape index (κ2) is 8.93. The summed E-state index contributed by atoms with van der Waals surface area (Å²) < 4.78 is 6.61. The third kappa shape index (κ3) is 4.74. The minimum Gasteiger partial charge on any atom is -0.378 e. The van der Waals surface area contributed by atoms with Crippen molar-refractivity contribution < 1.29 is 4.74 Å².